The minimum absolute atomic E-state index is 0.0544. The van der Waals surface area contributed by atoms with Gasteiger partial charge in [0.25, 0.3) is 0 Å². The third kappa shape index (κ3) is 5.87. The highest BCUT2D eigenvalue weighted by atomic mass is 19.1. The van der Waals surface area contributed by atoms with Crippen LogP contribution in [0.25, 0.3) is 32.9 Å². The van der Waals surface area contributed by atoms with Crippen LogP contribution in [0.2, 0.25) is 0 Å². The zero-order valence-corrected chi connectivity index (χ0v) is 30.0. The Morgan fingerprint density at radius 1 is 1.02 bits per heavy atom. The molecule has 4 aromatic rings. The summed E-state index contributed by atoms with van der Waals surface area (Å²) in [5.74, 6) is 1.32. The van der Waals surface area contributed by atoms with Crippen LogP contribution in [0.4, 0.5) is 14.6 Å². The van der Waals surface area contributed by atoms with Gasteiger partial charge in [0.05, 0.1) is 31.5 Å². The molecule has 8 rings (SSSR count). The van der Waals surface area contributed by atoms with E-state index in [9.17, 15) is 5.11 Å². The number of hydrogen-bond acceptors (Lipinski definition) is 10. The van der Waals surface area contributed by atoms with Gasteiger partial charge in [-0.15, -0.1) is 6.42 Å². The third-order valence-electron chi connectivity index (χ3n) is 12.0. The van der Waals surface area contributed by atoms with Gasteiger partial charge in [0, 0.05) is 55.3 Å². The molecule has 0 bridgehead atoms. The van der Waals surface area contributed by atoms with Crippen LogP contribution >= 0.6 is 0 Å². The van der Waals surface area contributed by atoms with E-state index in [0.717, 1.165) is 57.9 Å². The summed E-state index contributed by atoms with van der Waals surface area (Å²) < 4.78 is 56.2. The van der Waals surface area contributed by atoms with Crippen molar-refractivity contribution in [1.82, 2.24) is 19.9 Å². The quantitative estimate of drug-likeness (QED) is 0.200. The fourth-order valence-electron chi connectivity index (χ4n) is 9.36. The number of methoxy groups -OCH3 is 2. The van der Waals surface area contributed by atoms with E-state index in [2.05, 4.69) is 22.7 Å². The van der Waals surface area contributed by atoms with Crippen molar-refractivity contribution < 1.29 is 32.8 Å². The van der Waals surface area contributed by atoms with Gasteiger partial charge in [-0.3, -0.25) is 4.90 Å². The maximum atomic E-state index is 17.2. The molecule has 274 valence electrons. The Labute approximate surface area is 302 Å². The molecule has 0 spiro atoms. The van der Waals surface area contributed by atoms with E-state index < -0.39 is 11.6 Å². The molecular weight excluding hydrogens is 668 g/mol. The number of hydrogen-bond donors (Lipinski definition) is 1. The van der Waals surface area contributed by atoms with Crippen molar-refractivity contribution in [2.24, 2.45) is 5.41 Å². The summed E-state index contributed by atoms with van der Waals surface area (Å²) in [6, 6.07) is 6.43. The highest BCUT2D eigenvalue weighted by Gasteiger charge is 2.54. The van der Waals surface area contributed by atoms with Crippen LogP contribution < -0.4 is 14.4 Å². The van der Waals surface area contributed by atoms with Gasteiger partial charge in [-0.05, 0) is 82.0 Å². The van der Waals surface area contributed by atoms with Crippen molar-refractivity contribution in [2.45, 2.75) is 76.0 Å². The monoisotopic (exact) mass is 713 g/mol. The Kier molecular flexibility index (Phi) is 9.08. The fraction of sp³-hybridized carbons (Fsp3) is 0.525. The predicted molar refractivity (Wildman–Crippen MR) is 194 cm³/mol. The zero-order chi connectivity index (χ0) is 36.2. The van der Waals surface area contributed by atoms with E-state index in [1.807, 2.05) is 4.90 Å². The molecule has 0 amide bonds. The summed E-state index contributed by atoms with van der Waals surface area (Å²) in [5, 5.41) is 11.7. The van der Waals surface area contributed by atoms with E-state index in [4.69, 9.17) is 35.3 Å². The average molecular weight is 714 g/mol. The molecular formula is C40H45F2N5O5. The number of aromatic nitrogens is 3. The van der Waals surface area contributed by atoms with Gasteiger partial charge >= 0.3 is 6.01 Å². The van der Waals surface area contributed by atoms with Crippen LogP contribution in [0.3, 0.4) is 0 Å². The largest absolute Gasteiger partial charge is 0.508 e. The zero-order valence-electron chi connectivity index (χ0n) is 30.0. The van der Waals surface area contributed by atoms with Crippen LogP contribution in [-0.2, 0) is 9.47 Å². The molecule has 2 saturated carbocycles. The standard InChI is InChI=1S/C40H45F2N5O5/c1-5-27-29(41)11-10-24-19-26(48)20-28(31(24)27)34-33(42)35-32(37(43-34)49-3)36(46-14-8-17-51-18-16-46)45-38(44-35)52-23-40-12-6-9-30(40)47(15-7-13-40)25-21-39(2,22-25)50-4/h1,10-11,19-20,25,30,48H,6-9,12-18,21-23H2,2-4H3. The highest BCUT2D eigenvalue weighted by Crippen LogP contribution is 2.52. The molecule has 2 aliphatic carbocycles. The van der Waals surface area contributed by atoms with Crippen LogP contribution in [0, 0.1) is 29.4 Å². The number of ether oxygens (including phenoxy) is 4. The molecule has 2 saturated heterocycles. The summed E-state index contributed by atoms with van der Waals surface area (Å²) in [7, 11) is 3.25. The second kappa shape index (κ2) is 13.6. The lowest BCUT2D eigenvalue weighted by Crippen LogP contribution is -2.62. The molecule has 2 aromatic heterocycles. The maximum absolute atomic E-state index is 17.2. The SMILES string of the molecule is C#Cc1c(F)ccc2cc(O)cc(-c3nc(OC)c4c(N5CCCOCC5)nc(OCC56CCCC5N(C5CC(C)(OC)C5)CCC6)nc4c3F)c12. The van der Waals surface area contributed by atoms with Crippen LogP contribution in [0.5, 0.6) is 17.6 Å². The normalized spacial score (nSPS) is 26.5. The van der Waals surface area contributed by atoms with Gasteiger partial charge in [-0.1, -0.05) is 18.4 Å². The van der Waals surface area contributed by atoms with E-state index in [1.165, 1.54) is 31.4 Å². The fourth-order valence-corrected chi connectivity index (χ4v) is 9.36. The summed E-state index contributed by atoms with van der Waals surface area (Å²) in [6.45, 7) is 5.87. The van der Waals surface area contributed by atoms with Gasteiger partial charge < -0.3 is 29.0 Å². The Hall–Kier alpha value is -4.31. The number of phenols is 1. The van der Waals surface area contributed by atoms with E-state index in [1.54, 1.807) is 7.11 Å². The van der Waals surface area contributed by atoms with Crippen LogP contribution in [-0.4, -0.2) is 96.3 Å². The Balaban J connectivity index is 1.23. The third-order valence-corrected chi connectivity index (χ3v) is 12.0. The van der Waals surface area contributed by atoms with Crippen LogP contribution in [0.1, 0.15) is 63.9 Å². The number of phenolic OH excluding ortho intramolecular Hbond substituents is 1. The second-order valence-corrected chi connectivity index (χ2v) is 15.1. The van der Waals surface area contributed by atoms with Gasteiger partial charge in [-0.2, -0.15) is 9.97 Å². The minimum atomic E-state index is -0.790. The molecule has 2 atom stereocenters. The first-order valence-electron chi connectivity index (χ1n) is 18.3. The Bertz CT molecular complexity index is 2060. The lowest BCUT2D eigenvalue weighted by molar-refractivity contribution is -0.134. The predicted octanol–water partition coefficient (Wildman–Crippen LogP) is 6.63. The van der Waals surface area contributed by atoms with Gasteiger partial charge in [0.15, 0.2) is 5.82 Å². The van der Waals surface area contributed by atoms with Crippen molar-refractivity contribution in [2.75, 3.05) is 58.6 Å². The number of halogens is 2. The molecule has 4 aliphatic rings. The number of likely N-dealkylation sites (tertiary alicyclic amines) is 1. The molecule has 10 nitrogen and oxygen atoms in total. The smallest absolute Gasteiger partial charge is 0.319 e. The van der Waals surface area contributed by atoms with Crippen molar-refractivity contribution in [3.63, 3.8) is 0 Å². The molecule has 2 aromatic carbocycles. The average Bonchev–Trinajstić information content (AvgIpc) is 3.39. The van der Waals surface area contributed by atoms with E-state index >= 15 is 8.78 Å². The number of piperidine rings is 1. The number of nitrogens with zero attached hydrogens (tertiary/aromatic N) is 5. The molecule has 2 aliphatic heterocycles. The Morgan fingerprint density at radius 3 is 2.63 bits per heavy atom. The van der Waals surface area contributed by atoms with Crippen molar-refractivity contribution >= 4 is 27.5 Å². The summed E-state index contributed by atoms with van der Waals surface area (Å²) in [4.78, 5) is 19.0. The second-order valence-electron chi connectivity index (χ2n) is 15.1. The minimum Gasteiger partial charge on any atom is -0.508 e. The number of rotatable bonds is 8. The van der Waals surface area contributed by atoms with Crippen molar-refractivity contribution in [1.29, 1.82) is 0 Å². The van der Waals surface area contributed by atoms with Gasteiger partial charge in [-0.25, -0.2) is 13.8 Å². The number of benzene rings is 2. The molecule has 4 heterocycles. The van der Waals surface area contributed by atoms with Crippen molar-refractivity contribution in [3.8, 4) is 41.2 Å². The van der Waals surface area contributed by atoms with Gasteiger partial charge in [0.2, 0.25) is 5.88 Å². The lowest BCUT2D eigenvalue weighted by Gasteiger charge is -2.56. The van der Waals surface area contributed by atoms with E-state index in [0.29, 0.717) is 56.2 Å². The Morgan fingerprint density at radius 2 is 1.85 bits per heavy atom. The molecule has 4 fully saturated rings. The molecule has 52 heavy (non-hydrogen) atoms. The topological polar surface area (TPSA) is 102 Å². The maximum Gasteiger partial charge on any atom is 0.319 e. The number of fused-ring (bicyclic) bond motifs is 3. The first kappa shape index (κ1) is 34.8. The van der Waals surface area contributed by atoms with Crippen LogP contribution in [0.15, 0.2) is 24.3 Å². The molecule has 1 N–H and O–H groups in total. The number of pyridine rings is 1. The molecule has 2 unspecified atom stereocenters. The summed E-state index contributed by atoms with van der Waals surface area (Å²) in [5.41, 5.74) is -0.327. The lowest BCUT2D eigenvalue weighted by atomic mass is 9.70. The summed E-state index contributed by atoms with van der Waals surface area (Å²) >= 11 is 0. The number of terminal acetylenes is 1. The first-order chi connectivity index (χ1) is 25.2. The highest BCUT2D eigenvalue weighted by molar-refractivity contribution is 6.04. The van der Waals surface area contributed by atoms with Gasteiger partial charge in [0.1, 0.15) is 34.0 Å². The molecule has 0 radical (unpaired) electrons. The number of anilines is 1. The summed E-state index contributed by atoms with van der Waals surface area (Å²) in [6.07, 6.45) is 13.9. The van der Waals surface area contributed by atoms with E-state index in [-0.39, 0.29) is 61.8 Å². The van der Waals surface area contributed by atoms with Crippen molar-refractivity contribution in [3.05, 3.63) is 41.5 Å². The number of aromatic hydroxyl groups is 1. The molecule has 12 heteroatoms. The first-order valence-corrected chi connectivity index (χ1v) is 18.3.